The first kappa shape index (κ1) is 32.6. The van der Waals surface area contributed by atoms with Gasteiger partial charge in [-0.15, -0.1) is 0 Å². The van der Waals surface area contributed by atoms with Crippen LogP contribution in [0.3, 0.4) is 0 Å². The van der Waals surface area contributed by atoms with E-state index >= 15 is 0 Å². The average Bonchev–Trinajstić information content (AvgIpc) is 3.25. The molecule has 0 aliphatic carbocycles. The lowest BCUT2D eigenvalue weighted by molar-refractivity contribution is 0.487. The Bertz CT molecular complexity index is 2950. The minimum atomic E-state index is 0.00443. The third-order valence-electron chi connectivity index (χ3n) is 12.7. The molecular formula is C45H31B3N4O2S3. The fourth-order valence-corrected chi connectivity index (χ4v) is 12.7. The molecule has 0 unspecified atom stereocenters. The van der Waals surface area contributed by atoms with Gasteiger partial charge in [0.1, 0.15) is 23.0 Å². The molecule has 7 aromatic carbocycles. The fourth-order valence-electron chi connectivity index (χ4n) is 10.5. The smallest absolute Gasteiger partial charge is 0.256 e. The topological polar surface area (TPSA) is 40.2 Å². The minimum Gasteiger partial charge on any atom is -0.458 e. The van der Waals surface area contributed by atoms with Crippen LogP contribution in [-0.4, -0.2) is 38.9 Å². The summed E-state index contributed by atoms with van der Waals surface area (Å²) < 4.78 is 20.5. The van der Waals surface area contributed by atoms with Crippen LogP contribution in [0.25, 0.3) is 0 Å². The Balaban J connectivity index is 1.10. The van der Waals surface area contributed by atoms with Crippen molar-refractivity contribution in [3.05, 3.63) is 127 Å². The van der Waals surface area contributed by atoms with Gasteiger partial charge in [0.25, 0.3) is 20.1 Å². The summed E-state index contributed by atoms with van der Waals surface area (Å²) in [4.78, 5) is 0. The van der Waals surface area contributed by atoms with E-state index < -0.39 is 0 Å². The summed E-state index contributed by atoms with van der Waals surface area (Å²) in [6.07, 6.45) is 6.58. The van der Waals surface area contributed by atoms with E-state index in [0.717, 1.165) is 34.4 Å². The van der Waals surface area contributed by atoms with Crippen LogP contribution in [0.5, 0.6) is 23.0 Å². The number of ether oxygens (including phenoxy) is 2. The molecule has 0 atom stereocenters. The molecule has 0 saturated carbocycles. The van der Waals surface area contributed by atoms with E-state index in [1.165, 1.54) is 83.3 Å². The van der Waals surface area contributed by atoms with Crippen LogP contribution < -0.4 is 76.9 Å². The van der Waals surface area contributed by atoms with Gasteiger partial charge in [-0.1, -0.05) is 66.7 Å². The zero-order valence-corrected chi connectivity index (χ0v) is 33.7. The van der Waals surface area contributed by atoms with Crippen molar-refractivity contribution < 1.29 is 9.47 Å². The highest BCUT2D eigenvalue weighted by Crippen LogP contribution is 2.46. The average molecular weight is 788 g/mol. The van der Waals surface area contributed by atoms with Gasteiger partial charge in [-0.25, -0.2) is 0 Å². The molecule has 57 heavy (non-hydrogen) atoms. The molecule has 0 bridgehead atoms. The molecule has 6 aliphatic rings. The van der Waals surface area contributed by atoms with E-state index in [0.29, 0.717) is 0 Å². The summed E-state index contributed by atoms with van der Waals surface area (Å²) in [6, 6.07) is 46.9. The van der Waals surface area contributed by atoms with Crippen LogP contribution in [0.2, 0.25) is 0 Å². The molecule has 0 aromatic heterocycles. The number of para-hydroxylation sites is 2. The van der Waals surface area contributed by atoms with Crippen LogP contribution in [0.4, 0.5) is 45.5 Å². The largest absolute Gasteiger partial charge is 0.458 e. The maximum atomic E-state index is 6.63. The lowest BCUT2D eigenvalue weighted by Crippen LogP contribution is -2.65. The Morgan fingerprint density at radius 3 is 1.46 bits per heavy atom. The number of fused-ring (bicyclic) bond motifs is 12. The van der Waals surface area contributed by atoms with Gasteiger partial charge >= 0.3 is 0 Å². The zero-order chi connectivity index (χ0) is 37.7. The van der Waals surface area contributed by atoms with E-state index in [9.17, 15) is 0 Å². The summed E-state index contributed by atoms with van der Waals surface area (Å²) in [7, 11) is 0. The number of rotatable bonds is 3. The van der Waals surface area contributed by atoms with Gasteiger partial charge in [-0.05, 0) is 146 Å². The summed E-state index contributed by atoms with van der Waals surface area (Å²) in [6.45, 7) is 0.0845. The lowest BCUT2D eigenvalue weighted by Gasteiger charge is -2.45. The molecule has 6 heterocycles. The van der Waals surface area contributed by atoms with Crippen LogP contribution in [-0.2, 0) is 0 Å². The van der Waals surface area contributed by atoms with Crippen LogP contribution in [0.15, 0.2) is 127 Å². The predicted molar refractivity (Wildman–Crippen MR) is 249 cm³/mol. The monoisotopic (exact) mass is 788 g/mol. The maximum Gasteiger partial charge on any atom is 0.256 e. The Morgan fingerprint density at radius 1 is 0.386 bits per heavy atom. The van der Waals surface area contributed by atoms with Gasteiger partial charge in [0.2, 0.25) is 0 Å². The first-order chi connectivity index (χ1) is 28.1. The number of nitrogens with zero attached hydrogens (tertiary/aromatic N) is 3. The van der Waals surface area contributed by atoms with Crippen LogP contribution in [0.1, 0.15) is 0 Å². The quantitative estimate of drug-likeness (QED) is 0.180. The van der Waals surface area contributed by atoms with Crippen molar-refractivity contribution in [3.63, 3.8) is 0 Å². The van der Waals surface area contributed by atoms with Crippen molar-refractivity contribution in [2.24, 2.45) is 0 Å². The molecule has 0 spiro atoms. The summed E-state index contributed by atoms with van der Waals surface area (Å²) in [5.74, 6) is 3.72. The van der Waals surface area contributed by atoms with E-state index in [2.05, 4.69) is 164 Å². The number of benzene rings is 7. The predicted octanol–water partition coefficient (Wildman–Crippen LogP) is 5.69. The Labute approximate surface area is 345 Å². The second-order valence-corrected chi connectivity index (χ2v) is 17.4. The van der Waals surface area contributed by atoms with Crippen molar-refractivity contribution in [2.45, 2.75) is 0 Å². The molecule has 0 amide bonds. The fraction of sp³-hybridized carbons (Fsp3) is 0.0667. The molecule has 13 rings (SSSR count). The van der Waals surface area contributed by atoms with Gasteiger partial charge in [-0.2, -0.15) is 0 Å². The summed E-state index contributed by atoms with van der Waals surface area (Å²) in [5.41, 5.74) is 21.1. The number of nitrogens with one attached hydrogen (secondary N) is 1. The second kappa shape index (κ2) is 11.8. The molecule has 12 heteroatoms. The molecule has 6 aliphatic heterocycles. The Kier molecular flexibility index (Phi) is 6.77. The number of hydrogen-bond acceptors (Lipinski definition) is 9. The Hall–Kier alpha value is -5.42. The third-order valence-corrected chi connectivity index (χ3v) is 15.0. The van der Waals surface area contributed by atoms with Crippen molar-refractivity contribution in [1.29, 1.82) is 0 Å². The molecule has 6 nitrogen and oxygen atoms in total. The highest BCUT2D eigenvalue weighted by atomic mass is 32.2. The van der Waals surface area contributed by atoms with Crippen molar-refractivity contribution >= 4 is 151 Å². The molecule has 270 valence electrons. The SMILES string of the molecule is CSN1c2cc3c(cc2B2c4ccccc4Oc4cccc1c42)B1c2cc4c(cc2N(SC)c2cccc(c21)N3SC)Nc1cccc2c1B4c1ccccc1O2. The van der Waals surface area contributed by atoms with E-state index in [-0.39, 0.29) is 20.1 Å². The van der Waals surface area contributed by atoms with Crippen LogP contribution in [0, 0.1) is 0 Å². The molecule has 1 N–H and O–H groups in total. The molecule has 0 fully saturated rings. The van der Waals surface area contributed by atoms with Crippen molar-refractivity contribution in [3.8, 4) is 23.0 Å². The van der Waals surface area contributed by atoms with Gasteiger partial charge in [-0.3, -0.25) is 12.9 Å². The molecule has 7 aromatic rings. The second-order valence-electron chi connectivity index (χ2n) is 15.2. The standard InChI is InChI=1S/C45H31B3N4O2S3/c1-55-50-33-14-9-15-34-44(33)48(28-21-27-32(23-36(28)50)49-31-13-8-19-41-43(31)46(27)25-11-4-6-17-39(25)53-41)30-22-29-37(24-38(30)51(34)56-2)52(57-3)35-16-10-20-42-45(35)47(29)26-12-5-7-18-40(26)54-42/h4-24,49H,1-3H3. The van der Waals surface area contributed by atoms with Gasteiger partial charge in [0, 0.05) is 58.6 Å². The van der Waals surface area contributed by atoms with Crippen LogP contribution >= 0.6 is 35.8 Å². The highest BCUT2D eigenvalue weighted by Gasteiger charge is 2.48. The maximum absolute atomic E-state index is 6.63. The summed E-state index contributed by atoms with van der Waals surface area (Å²) >= 11 is 5.31. The lowest BCUT2D eigenvalue weighted by atomic mass is 9.29. The first-order valence-electron chi connectivity index (χ1n) is 19.2. The molecular weight excluding hydrogens is 757 g/mol. The van der Waals surface area contributed by atoms with Crippen molar-refractivity contribution in [1.82, 2.24) is 0 Å². The normalized spacial score (nSPS) is 15.0. The molecule has 0 saturated heterocycles. The highest BCUT2D eigenvalue weighted by molar-refractivity contribution is 8.01. The number of anilines is 8. The minimum absolute atomic E-state index is 0.00443. The first-order valence-corrected chi connectivity index (χ1v) is 22.8. The van der Waals surface area contributed by atoms with Crippen molar-refractivity contribution in [2.75, 3.05) is 37.0 Å². The zero-order valence-electron chi connectivity index (χ0n) is 31.2. The third kappa shape index (κ3) is 4.20. The molecule has 0 radical (unpaired) electrons. The number of hydrogen-bond donors (Lipinski definition) is 1. The van der Waals surface area contributed by atoms with E-state index in [1.807, 2.05) is 0 Å². The summed E-state index contributed by atoms with van der Waals surface area (Å²) in [5, 5.41) is 3.87. The van der Waals surface area contributed by atoms with E-state index in [1.54, 1.807) is 35.8 Å². The van der Waals surface area contributed by atoms with Gasteiger partial charge in [0.05, 0.1) is 5.69 Å². The van der Waals surface area contributed by atoms with E-state index in [4.69, 9.17) is 9.47 Å². The van der Waals surface area contributed by atoms with Gasteiger partial charge in [0.15, 0.2) is 0 Å². The van der Waals surface area contributed by atoms with Gasteiger partial charge < -0.3 is 14.8 Å². The Morgan fingerprint density at radius 2 is 0.842 bits per heavy atom.